The van der Waals surface area contributed by atoms with Crippen molar-refractivity contribution in [2.75, 3.05) is 38.2 Å². The Bertz CT molecular complexity index is 904. The number of quaternary nitrogens is 1. The maximum Gasteiger partial charge on any atom is 0.126 e. The number of hydrogen-bond donors (Lipinski definition) is 1. The van der Waals surface area contributed by atoms with E-state index in [4.69, 9.17) is 16.3 Å². The fourth-order valence-corrected chi connectivity index (χ4v) is 4.05. The Morgan fingerprint density at radius 3 is 2.46 bits per heavy atom. The second-order valence-electron chi connectivity index (χ2n) is 6.87. The first-order valence-corrected chi connectivity index (χ1v) is 9.51. The van der Waals surface area contributed by atoms with Gasteiger partial charge in [-0.25, -0.2) is 0 Å². The lowest BCUT2D eigenvalue weighted by Gasteiger charge is -2.34. The fraction of sp³-hybridized carbons (Fsp3) is 0.273. The van der Waals surface area contributed by atoms with Crippen LogP contribution in [0.5, 0.6) is 5.75 Å². The molecular formula is C22H24ClN2O+. The van der Waals surface area contributed by atoms with Crippen LogP contribution in [0.15, 0.2) is 60.7 Å². The number of rotatable bonds is 4. The van der Waals surface area contributed by atoms with Crippen molar-refractivity contribution in [3.63, 3.8) is 0 Å². The molecular weight excluding hydrogens is 344 g/mol. The number of anilines is 1. The highest BCUT2D eigenvalue weighted by atomic mass is 35.5. The number of ether oxygens (including phenoxy) is 1. The van der Waals surface area contributed by atoms with Crippen molar-refractivity contribution in [1.29, 1.82) is 0 Å². The Labute approximate surface area is 159 Å². The van der Waals surface area contributed by atoms with Crippen molar-refractivity contribution in [1.82, 2.24) is 0 Å². The highest BCUT2D eigenvalue weighted by molar-refractivity contribution is 6.30. The molecule has 4 heteroatoms. The molecule has 0 amide bonds. The largest absolute Gasteiger partial charge is 0.496 e. The molecule has 0 saturated carbocycles. The number of nitrogens with zero attached hydrogens (tertiary/aromatic N) is 1. The highest BCUT2D eigenvalue weighted by Crippen LogP contribution is 2.28. The number of halogens is 1. The van der Waals surface area contributed by atoms with Gasteiger partial charge < -0.3 is 14.5 Å². The van der Waals surface area contributed by atoms with Crippen molar-refractivity contribution >= 4 is 28.1 Å². The Hall–Kier alpha value is -2.23. The molecule has 4 rings (SSSR count). The van der Waals surface area contributed by atoms with Crippen LogP contribution >= 0.6 is 11.6 Å². The average Bonchev–Trinajstić information content (AvgIpc) is 2.69. The number of methoxy groups -OCH3 is 1. The quantitative estimate of drug-likeness (QED) is 0.761. The number of nitrogens with one attached hydrogen (secondary N) is 1. The third-order valence-electron chi connectivity index (χ3n) is 5.28. The van der Waals surface area contributed by atoms with E-state index in [-0.39, 0.29) is 0 Å². The Morgan fingerprint density at radius 2 is 1.73 bits per heavy atom. The second kappa shape index (κ2) is 7.56. The SMILES string of the molecule is COc1ccc(C[NH+]2CCN(c3cccc(Cl)c3)CC2)c2ccccc12. The van der Waals surface area contributed by atoms with Crippen LogP contribution in [0.4, 0.5) is 5.69 Å². The second-order valence-corrected chi connectivity index (χ2v) is 7.30. The van der Waals surface area contributed by atoms with E-state index < -0.39 is 0 Å². The van der Waals surface area contributed by atoms with Crippen LogP contribution in [-0.2, 0) is 6.54 Å². The summed E-state index contributed by atoms with van der Waals surface area (Å²) in [6, 6.07) is 21.0. The van der Waals surface area contributed by atoms with Gasteiger partial charge in [-0.15, -0.1) is 0 Å². The van der Waals surface area contributed by atoms with Gasteiger partial charge >= 0.3 is 0 Å². The van der Waals surface area contributed by atoms with Gasteiger partial charge in [0.1, 0.15) is 12.3 Å². The zero-order valence-corrected chi connectivity index (χ0v) is 15.8. The average molecular weight is 368 g/mol. The minimum Gasteiger partial charge on any atom is -0.496 e. The summed E-state index contributed by atoms with van der Waals surface area (Å²) in [5.74, 6) is 0.949. The zero-order valence-electron chi connectivity index (χ0n) is 15.0. The lowest BCUT2D eigenvalue weighted by Crippen LogP contribution is -3.13. The van der Waals surface area contributed by atoms with Gasteiger partial charge in [0.25, 0.3) is 0 Å². The van der Waals surface area contributed by atoms with Gasteiger partial charge in [-0.2, -0.15) is 0 Å². The first kappa shape index (κ1) is 17.2. The summed E-state index contributed by atoms with van der Waals surface area (Å²) in [7, 11) is 1.74. The van der Waals surface area contributed by atoms with E-state index in [2.05, 4.69) is 53.4 Å². The molecule has 1 aliphatic heterocycles. The Balaban J connectivity index is 1.47. The van der Waals surface area contributed by atoms with Crippen LogP contribution in [0.2, 0.25) is 5.02 Å². The lowest BCUT2D eigenvalue weighted by atomic mass is 10.0. The topological polar surface area (TPSA) is 16.9 Å². The lowest BCUT2D eigenvalue weighted by molar-refractivity contribution is -0.914. The molecule has 1 N–H and O–H groups in total. The summed E-state index contributed by atoms with van der Waals surface area (Å²) >= 11 is 6.14. The summed E-state index contributed by atoms with van der Waals surface area (Å²) in [5, 5.41) is 3.31. The Kier molecular flexibility index (Phi) is 5.00. The van der Waals surface area contributed by atoms with Crippen LogP contribution in [0.1, 0.15) is 5.56 Å². The maximum atomic E-state index is 6.14. The van der Waals surface area contributed by atoms with E-state index in [1.807, 2.05) is 12.1 Å². The molecule has 3 nitrogen and oxygen atoms in total. The maximum absolute atomic E-state index is 6.14. The van der Waals surface area contributed by atoms with Gasteiger partial charge in [-0.1, -0.05) is 41.9 Å². The van der Waals surface area contributed by atoms with Gasteiger partial charge in [0.15, 0.2) is 0 Å². The molecule has 1 fully saturated rings. The molecule has 134 valence electrons. The van der Waals surface area contributed by atoms with E-state index in [9.17, 15) is 0 Å². The number of fused-ring (bicyclic) bond motifs is 1. The molecule has 0 radical (unpaired) electrons. The zero-order chi connectivity index (χ0) is 17.9. The van der Waals surface area contributed by atoms with Crippen LogP contribution in [0.25, 0.3) is 10.8 Å². The van der Waals surface area contributed by atoms with E-state index in [1.165, 1.54) is 22.0 Å². The van der Waals surface area contributed by atoms with Crippen LogP contribution in [0.3, 0.4) is 0 Å². The first-order chi connectivity index (χ1) is 12.7. The minimum absolute atomic E-state index is 0.807. The predicted octanol–water partition coefficient (Wildman–Crippen LogP) is 3.41. The Morgan fingerprint density at radius 1 is 0.962 bits per heavy atom. The number of benzene rings is 3. The summed E-state index contributed by atoms with van der Waals surface area (Å²) in [5.41, 5.74) is 2.62. The molecule has 0 unspecified atom stereocenters. The molecule has 1 aliphatic rings. The summed E-state index contributed by atoms with van der Waals surface area (Å²) in [6.07, 6.45) is 0. The van der Waals surface area contributed by atoms with Crippen LogP contribution < -0.4 is 14.5 Å². The smallest absolute Gasteiger partial charge is 0.126 e. The molecule has 0 bridgehead atoms. The van der Waals surface area contributed by atoms with Crippen molar-refractivity contribution in [2.24, 2.45) is 0 Å². The predicted molar refractivity (Wildman–Crippen MR) is 109 cm³/mol. The third-order valence-corrected chi connectivity index (χ3v) is 5.51. The fourth-order valence-electron chi connectivity index (χ4n) is 3.87. The van der Waals surface area contributed by atoms with Crippen molar-refractivity contribution in [3.8, 4) is 5.75 Å². The van der Waals surface area contributed by atoms with Gasteiger partial charge in [-0.05, 0) is 35.7 Å². The molecule has 26 heavy (non-hydrogen) atoms. The van der Waals surface area contributed by atoms with Crippen LogP contribution in [-0.4, -0.2) is 33.3 Å². The monoisotopic (exact) mass is 367 g/mol. The molecule has 3 aromatic carbocycles. The number of hydrogen-bond acceptors (Lipinski definition) is 2. The van der Waals surface area contributed by atoms with Gasteiger partial charge in [-0.3, -0.25) is 0 Å². The van der Waals surface area contributed by atoms with Gasteiger partial charge in [0.2, 0.25) is 0 Å². The van der Waals surface area contributed by atoms with E-state index in [0.717, 1.165) is 43.5 Å². The molecule has 0 aromatic heterocycles. The van der Waals surface area contributed by atoms with Gasteiger partial charge in [0.05, 0.1) is 33.3 Å². The molecule has 1 heterocycles. The third kappa shape index (κ3) is 3.50. The molecule has 0 spiro atoms. The first-order valence-electron chi connectivity index (χ1n) is 9.13. The normalized spacial score (nSPS) is 15.4. The summed E-state index contributed by atoms with van der Waals surface area (Å²) in [4.78, 5) is 4.06. The van der Waals surface area contributed by atoms with Crippen LogP contribution in [0, 0.1) is 0 Å². The van der Waals surface area contributed by atoms with Crippen molar-refractivity contribution < 1.29 is 9.64 Å². The van der Waals surface area contributed by atoms with E-state index >= 15 is 0 Å². The van der Waals surface area contributed by atoms with E-state index in [0.29, 0.717) is 0 Å². The van der Waals surface area contributed by atoms with Crippen molar-refractivity contribution in [2.45, 2.75) is 6.54 Å². The molecule has 0 atom stereocenters. The summed E-state index contributed by atoms with van der Waals surface area (Å²) < 4.78 is 5.52. The highest BCUT2D eigenvalue weighted by Gasteiger charge is 2.21. The van der Waals surface area contributed by atoms with Gasteiger partial charge in [0, 0.05) is 21.7 Å². The summed E-state index contributed by atoms with van der Waals surface area (Å²) in [6.45, 7) is 5.43. The standard InChI is InChI=1S/C22H23ClN2O/c1-26-22-10-9-17(20-7-2-3-8-21(20)22)16-24-11-13-25(14-12-24)19-6-4-5-18(23)15-19/h2-10,15H,11-14,16H2,1H3/p+1. The van der Waals surface area contributed by atoms with Crippen molar-refractivity contribution in [3.05, 3.63) is 71.2 Å². The van der Waals surface area contributed by atoms with E-state index in [1.54, 1.807) is 12.0 Å². The molecule has 0 aliphatic carbocycles. The minimum atomic E-state index is 0.807. The molecule has 3 aromatic rings. The number of piperazine rings is 1. The molecule has 1 saturated heterocycles.